The summed E-state index contributed by atoms with van der Waals surface area (Å²) in [6.45, 7) is 4.25. The first kappa shape index (κ1) is 9.72. The van der Waals surface area contributed by atoms with Crippen molar-refractivity contribution in [2.24, 2.45) is 0 Å². The third-order valence-electron chi connectivity index (χ3n) is 1.55. The second-order valence-corrected chi connectivity index (χ2v) is 2.93. The number of hydrogen-bond donors (Lipinski definition) is 0. The summed E-state index contributed by atoms with van der Waals surface area (Å²) < 4.78 is 0. The predicted octanol–water partition coefficient (Wildman–Crippen LogP) is 3.65. The smallest absolute Gasteiger partial charge is 0.0346 e. The molecule has 0 aliphatic heterocycles. The molecule has 2 aromatic rings. The van der Waals surface area contributed by atoms with Crippen molar-refractivity contribution in [1.29, 1.82) is 0 Å². The van der Waals surface area contributed by atoms with Crippen molar-refractivity contribution in [1.82, 2.24) is 4.98 Å². The van der Waals surface area contributed by atoms with Crippen LogP contribution >= 0.6 is 0 Å². The molecule has 1 nitrogen and oxygen atoms in total. The molecule has 0 spiro atoms. The summed E-state index contributed by atoms with van der Waals surface area (Å²) >= 11 is 0. The van der Waals surface area contributed by atoms with Crippen LogP contribution in [0.25, 0.3) is 10.8 Å². The minimum Gasteiger partial charge on any atom is -0.264 e. The van der Waals surface area contributed by atoms with Gasteiger partial charge in [-0.15, -0.1) is 0 Å². The van der Waals surface area contributed by atoms with E-state index in [1.165, 1.54) is 17.2 Å². The minimum atomic E-state index is 1.20. The highest BCUT2D eigenvalue weighted by molar-refractivity contribution is 5.80. The van der Waals surface area contributed by atoms with E-state index >= 15 is 0 Å². The highest BCUT2D eigenvalue weighted by atomic mass is 14.6. The summed E-state index contributed by atoms with van der Waals surface area (Å²) in [5.41, 5.74) is 0. The molecule has 68 valence electrons. The van der Waals surface area contributed by atoms with Crippen LogP contribution in [0.5, 0.6) is 0 Å². The molecule has 0 saturated heterocycles. The van der Waals surface area contributed by atoms with Gasteiger partial charge in [0.15, 0.2) is 0 Å². The first-order valence-electron chi connectivity index (χ1n) is 4.67. The van der Waals surface area contributed by atoms with E-state index in [1.54, 1.807) is 0 Å². The van der Waals surface area contributed by atoms with Crippen LogP contribution in [-0.2, 0) is 0 Å². The van der Waals surface area contributed by atoms with E-state index in [4.69, 9.17) is 0 Å². The second-order valence-electron chi connectivity index (χ2n) is 2.93. The van der Waals surface area contributed by atoms with E-state index in [0.717, 1.165) is 0 Å². The molecule has 1 aromatic carbocycles. The largest absolute Gasteiger partial charge is 0.264 e. The lowest BCUT2D eigenvalue weighted by atomic mass is 10.2. The van der Waals surface area contributed by atoms with Crippen molar-refractivity contribution < 1.29 is 0 Å². The van der Waals surface area contributed by atoms with Crippen LogP contribution in [0.15, 0.2) is 42.7 Å². The van der Waals surface area contributed by atoms with E-state index in [1.807, 2.05) is 30.6 Å². The standard InChI is InChI=1S/C9H7N.C3H8/c1-2-4-9-7-10-6-5-8(9)3-1;1-3-2/h1-7H;3H2,1-2H3. The Bertz CT molecular complexity index is 289. The molecule has 0 fully saturated rings. The van der Waals surface area contributed by atoms with Gasteiger partial charge in [-0.25, -0.2) is 0 Å². The summed E-state index contributed by atoms with van der Waals surface area (Å²) in [4.78, 5) is 4.01. The Kier molecular flexibility index (Phi) is 3.97. The van der Waals surface area contributed by atoms with Gasteiger partial charge in [0.1, 0.15) is 0 Å². The summed E-state index contributed by atoms with van der Waals surface area (Å²) in [6.07, 6.45) is 4.93. The van der Waals surface area contributed by atoms with Gasteiger partial charge in [0.2, 0.25) is 0 Å². The van der Waals surface area contributed by atoms with Gasteiger partial charge in [-0.05, 0) is 16.8 Å². The third kappa shape index (κ3) is 2.86. The number of nitrogens with zero attached hydrogens (tertiary/aromatic N) is 1. The summed E-state index contributed by atoms with van der Waals surface area (Å²) in [7, 11) is 0. The number of pyridine rings is 1. The first-order chi connectivity index (χ1) is 6.38. The lowest BCUT2D eigenvalue weighted by Crippen LogP contribution is -1.71. The molecule has 2 rings (SSSR count). The Morgan fingerprint density at radius 1 is 1.00 bits per heavy atom. The molecule has 0 N–H and O–H groups in total. The number of aromatic nitrogens is 1. The molecule has 0 aliphatic rings. The van der Waals surface area contributed by atoms with Gasteiger partial charge in [0.05, 0.1) is 0 Å². The Hall–Kier alpha value is -1.37. The molecule has 0 aliphatic carbocycles. The number of fused-ring (bicyclic) bond motifs is 1. The zero-order valence-corrected chi connectivity index (χ0v) is 8.20. The molecule has 1 heterocycles. The molecule has 0 amide bonds. The maximum Gasteiger partial charge on any atom is 0.0346 e. The zero-order chi connectivity index (χ0) is 9.52. The highest BCUT2D eigenvalue weighted by Gasteiger charge is 1.86. The van der Waals surface area contributed by atoms with E-state index < -0.39 is 0 Å². The minimum absolute atomic E-state index is 1.20. The van der Waals surface area contributed by atoms with Gasteiger partial charge in [0.25, 0.3) is 0 Å². The molecule has 0 radical (unpaired) electrons. The van der Waals surface area contributed by atoms with Crippen LogP contribution in [0.4, 0.5) is 0 Å². The maximum absolute atomic E-state index is 4.01. The fraction of sp³-hybridized carbons (Fsp3) is 0.250. The number of benzene rings is 1. The Balaban J connectivity index is 0.000000251. The number of hydrogen-bond acceptors (Lipinski definition) is 1. The molecule has 0 atom stereocenters. The second kappa shape index (κ2) is 5.31. The van der Waals surface area contributed by atoms with Gasteiger partial charge in [-0.2, -0.15) is 0 Å². The SMILES string of the molecule is CCC.c1ccc2cnccc2c1. The average molecular weight is 173 g/mol. The van der Waals surface area contributed by atoms with Gasteiger partial charge >= 0.3 is 0 Å². The zero-order valence-electron chi connectivity index (χ0n) is 8.20. The van der Waals surface area contributed by atoms with E-state index in [0.29, 0.717) is 0 Å². The van der Waals surface area contributed by atoms with Crippen molar-refractivity contribution in [3.05, 3.63) is 42.7 Å². The third-order valence-corrected chi connectivity index (χ3v) is 1.55. The molecule has 0 saturated carbocycles. The van der Waals surface area contributed by atoms with Crippen molar-refractivity contribution in [2.75, 3.05) is 0 Å². The molecule has 0 unspecified atom stereocenters. The molecule has 13 heavy (non-hydrogen) atoms. The quantitative estimate of drug-likeness (QED) is 0.592. The van der Waals surface area contributed by atoms with Crippen molar-refractivity contribution in [3.63, 3.8) is 0 Å². The fourth-order valence-electron chi connectivity index (χ4n) is 1.03. The fourth-order valence-corrected chi connectivity index (χ4v) is 1.03. The molecular formula is C12H15N. The van der Waals surface area contributed by atoms with Crippen LogP contribution < -0.4 is 0 Å². The monoisotopic (exact) mass is 173 g/mol. The van der Waals surface area contributed by atoms with Crippen LogP contribution in [0.1, 0.15) is 20.3 Å². The predicted molar refractivity (Wildman–Crippen MR) is 57.7 cm³/mol. The van der Waals surface area contributed by atoms with Gasteiger partial charge in [-0.3, -0.25) is 4.98 Å². The van der Waals surface area contributed by atoms with Crippen molar-refractivity contribution >= 4 is 10.8 Å². The summed E-state index contributed by atoms with van der Waals surface area (Å²) in [5.74, 6) is 0. The normalized spacial score (nSPS) is 9.08. The topological polar surface area (TPSA) is 12.9 Å². The van der Waals surface area contributed by atoms with Crippen LogP contribution in [0, 0.1) is 0 Å². The summed E-state index contributed by atoms with van der Waals surface area (Å²) in [6, 6.07) is 10.2. The van der Waals surface area contributed by atoms with Gasteiger partial charge in [0, 0.05) is 12.4 Å². The molecule has 0 bridgehead atoms. The van der Waals surface area contributed by atoms with E-state index in [-0.39, 0.29) is 0 Å². The maximum atomic E-state index is 4.01. The number of rotatable bonds is 0. The van der Waals surface area contributed by atoms with E-state index in [9.17, 15) is 0 Å². The lowest BCUT2D eigenvalue weighted by molar-refractivity contribution is 1.09. The average Bonchev–Trinajstić information content (AvgIpc) is 2.19. The van der Waals surface area contributed by atoms with Gasteiger partial charge < -0.3 is 0 Å². The van der Waals surface area contributed by atoms with Crippen molar-refractivity contribution in [3.8, 4) is 0 Å². The molecule has 1 heteroatoms. The van der Waals surface area contributed by atoms with Crippen LogP contribution in [-0.4, -0.2) is 4.98 Å². The lowest BCUT2D eigenvalue weighted by Gasteiger charge is -1.91. The Labute approximate surface area is 79.4 Å². The van der Waals surface area contributed by atoms with Crippen LogP contribution in [0.3, 0.4) is 0 Å². The molecular weight excluding hydrogens is 158 g/mol. The first-order valence-corrected chi connectivity index (χ1v) is 4.67. The summed E-state index contributed by atoms with van der Waals surface area (Å²) in [5, 5.41) is 2.45. The highest BCUT2D eigenvalue weighted by Crippen LogP contribution is 2.09. The molecule has 1 aromatic heterocycles. The van der Waals surface area contributed by atoms with Crippen LogP contribution in [0.2, 0.25) is 0 Å². The Morgan fingerprint density at radius 2 is 1.62 bits per heavy atom. The van der Waals surface area contributed by atoms with E-state index in [2.05, 4.69) is 31.0 Å². The van der Waals surface area contributed by atoms with Gasteiger partial charge in [-0.1, -0.05) is 44.5 Å². The van der Waals surface area contributed by atoms with Crippen molar-refractivity contribution in [2.45, 2.75) is 20.3 Å². The Morgan fingerprint density at radius 3 is 2.23 bits per heavy atom.